The Hall–Kier alpha value is -2.71. The van der Waals surface area contributed by atoms with Crippen molar-refractivity contribution in [2.24, 2.45) is 5.92 Å². The minimum atomic E-state index is -9.09. The first-order valence-corrected chi connectivity index (χ1v) is 13.3. The molecule has 0 spiro atoms. The summed E-state index contributed by atoms with van der Waals surface area (Å²) in [5, 5.41) is 0. The number of hydrogen-bond acceptors (Lipinski definition) is 2. The van der Waals surface area contributed by atoms with E-state index in [0.29, 0.717) is 24.3 Å². The van der Waals surface area contributed by atoms with Crippen molar-refractivity contribution >= 4 is 5.97 Å². The van der Waals surface area contributed by atoms with Crippen molar-refractivity contribution in [1.29, 1.82) is 0 Å². The van der Waals surface area contributed by atoms with Gasteiger partial charge in [0.25, 0.3) is 0 Å². The highest BCUT2D eigenvalue weighted by molar-refractivity contribution is 5.89. The van der Waals surface area contributed by atoms with Gasteiger partial charge in [0.2, 0.25) is 0 Å². The van der Waals surface area contributed by atoms with Crippen molar-refractivity contribution in [3.05, 3.63) is 35.4 Å². The van der Waals surface area contributed by atoms with E-state index in [4.69, 9.17) is 0 Å². The smallest absolute Gasteiger partial charge is 0.385 e. The average molecular weight is 746 g/mol. The van der Waals surface area contributed by atoms with Crippen LogP contribution in [0.15, 0.2) is 24.3 Å². The van der Waals surface area contributed by atoms with Gasteiger partial charge in [-0.15, -0.1) is 0 Å². The molecule has 0 amide bonds. The van der Waals surface area contributed by atoms with E-state index in [2.05, 4.69) is 4.74 Å². The molecule has 0 saturated heterocycles. The quantitative estimate of drug-likeness (QED) is 0.140. The maximum absolute atomic E-state index is 14.1. The molecule has 0 N–H and O–H groups in total. The van der Waals surface area contributed by atoms with Crippen LogP contribution in [0.1, 0.15) is 60.9 Å². The van der Waals surface area contributed by atoms with Crippen LogP contribution < -0.4 is 0 Å². The van der Waals surface area contributed by atoms with E-state index in [-0.39, 0.29) is 5.92 Å². The first-order valence-electron chi connectivity index (χ1n) is 13.3. The van der Waals surface area contributed by atoms with Crippen molar-refractivity contribution in [1.82, 2.24) is 0 Å². The third-order valence-electron chi connectivity index (χ3n) is 7.94. The molecule has 1 saturated carbocycles. The summed E-state index contributed by atoms with van der Waals surface area (Å²) in [5.41, 5.74) is -0.133. The summed E-state index contributed by atoms with van der Waals surface area (Å²) < 4.78 is 275. The number of benzene rings is 1. The van der Waals surface area contributed by atoms with Crippen LogP contribution in [0, 0.1) is 5.92 Å². The lowest BCUT2D eigenvalue weighted by Gasteiger charge is -2.44. The van der Waals surface area contributed by atoms with Gasteiger partial charge in [-0.2, -0.15) is 79.0 Å². The van der Waals surface area contributed by atoms with Gasteiger partial charge in [-0.25, -0.2) is 13.6 Å². The molecule has 0 radical (unpaired) electrons. The molecule has 0 bridgehead atoms. The first kappa shape index (κ1) is 41.5. The second kappa shape index (κ2) is 12.9. The van der Waals surface area contributed by atoms with Crippen molar-refractivity contribution < 1.29 is 97.3 Å². The molecule has 278 valence electrons. The third-order valence-corrected chi connectivity index (χ3v) is 7.94. The molecule has 1 aromatic rings. The van der Waals surface area contributed by atoms with Gasteiger partial charge in [0.15, 0.2) is 6.61 Å². The fraction of sp³-hybridized carbons (Fsp3) is 0.731. The number of carbonyl (C=O) groups is 1. The number of halogens is 20. The summed E-state index contributed by atoms with van der Waals surface area (Å²) in [5.74, 6) is -77.6. The van der Waals surface area contributed by atoms with Gasteiger partial charge in [0.1, 0.15) is 0 Å². The van der Waals surface area contributed by atoms with Crippen LogP contribution >= 0.6 is 0 Å². The van der Waals surface area contributed by atoms with Crippen LogP contribution in [0.2, 0.25) is 0 Å². The van der Waals surface area contributed by atoms with Gasteiger partial charge in [0, 0.05) is 0 Å². The normalized spacial score (nSPS) is 19.9. The van der Waals surface area contributed by atoms with E-state index >= 15 is 0 Å². The van der Waals surface area contributed by atoms with E-state index in [9.17, 15) is 92.6 Å². The molecule has 0 atom stereocenters. The number of alkyl halides is 20. The molecule has 48 heavy (non-hydrogen) atoms. The lowest BCUT2D eigenvalue weighted by Crippen LogP contribution is -2.76. The van der Waals surface area contributed by atoms with Crippen LogP contribution in [0.25, 0.3) is 0 Å². The zero-order valence-corrected chi connectivity index (χ0v) is 23.7. The third kappa shape index (κ3) is 6.25. The summed E-state index contributed by atoms with van der Waals surface area (Å²) in [6.07, 6.45) is -2.12. The van der Waals surface area contributed by atoms with Crippen LogP contribution in [-0.2, 0) is 4.74 Å². The second-order valence-electron chi connectivity index (χ2n) is 11.0. The molecule has 1 fully saturated rings. The molecule has 2 rings (SSSR count). The largest absolute Gasteiger partial charge is 0.455 e. The summed E-state index contributed by atoms with van der Waals surface area (Å²) in [4.78, 5) is 12.0. The van der Waals surface area contributed by atoms with Crippen LogP contribution in [0.4, 0.5) is 87.8 Å². The Labute approximate surface area is 256 Å². The monoisotopic (exact) mass is 746 g/mol. The Kier molecular flexibility index (Phi) is 11.1. The Balaban J connectivity index is 2.34. The number of hydrogen-bond donors (Lipinski definition) is 0. The highest BCUT2D eigenvalue weighted by atomic mass is 19.4. The second-order valence-corrected chi connectivity index (χ2v) is 11.0. The van der Waals surface area contributed by atoms with Gasteiger partial charge >= 0.3 is 65.7 Å². The van der Waals surface area contributed by atoms with Crippen molar-refractivity contribution in [2.45, 2.75) is 105 Å². The maximum Gasteiger partial charge on any atom is 0.385 e. The van der Waals surface area contributed by atoms with E-state index in [1.165, 1.54) is 12.1 Å². The van der Waals surface area contributed by atoms with Crippen molar-refractivity contribution in [3.8, 4) is 0 Å². The number of esters is 1. The highest BCUT2D eigenvalue weighted by Gasteiger charge is 2.96. The van der Waals surface area contributed by atoms with E-state index in [1.54, 1.807) is 0 Å². The molecule has 22 heteroatoms. The van der Waals surface area contributed by atoms with E-state index < -0.39 is 77.9 Å². The molecule has 1 aromatic carbocycles. The van der Waals surface area contributed by atoms with E-state index in [0.717, 1.165) is 31.4 Å². The average Bonchev–Trinajstić information content (AvgIpc) is 2.99. The summed E-state index contributed by atoms with van der Waals surface area (Å²) in [6, 6.07) is 4.26. The summed E-state index contributed by atoms with van der Waals surface area (Å²) in [6.45, 7) is -1.42. The molecular formula is C26H22F20O2. The topological polar surface area (TPSA) is 26.3 Å². The number of rotatable bonds is 14. The molecular weight excluding hydrogens is 724 g/mol. The molecule has 0 aliphatic heterocycles. The van der Waals surface area contributed by atoms with Gasteiger partial charge in [-0.05, 0) is 55.2 Å². The summed E-state index contributed by atoms with van der Waals surface area (Å²) in [7, 11) is 0. The lowest BCUT2D eigenvalue weighted by atomic mass is 9.78. The zero-order valence-electron chi connectivity index (χ0n) is 23.7. The molecule has 2 nitrogen and oxygen atoms in total. The fourth-order valence-corrected chi connectivity index (χ4v) is 4.69. The highest BCUT2D eigenvalue weighted by Crippen LogP contribution is 2.65. The van der Waals surface area contributed by atoms with Gasteiger partial charge in [-0.1, -0.05) is 25.5 Å². The fourth-order valence-electron chi connectivity index (χ4n) is 4.69. The van der Waals surface area contributed by atoms with Crippen LogP contribution in [0.3, 0.4) is 0 Å². The molecule has 0 heterocycles. The predicted molar refractivity (Wildman–Crippen MR) is 122 cm³/mol. The van der Waals surface area contributed by atoms with Gasteiger partial charge in [-0.3, -0.25) is 0 Å². The Morgan fingerprint density at radius 3 is 1.38 bits per heavy atom. The Morgan fingerprint density at radius 2 is 1.00 bits per heavy atom. The molecule has 0 aromatic heterocycles. The minimum absolute atomic E-state index is 0.0257. The predicted octanol–water partition coefficient (Wildman–Crippen LogP) is 10.5. The summed E-state index contributed by atoms with van der Waals surface area (Å²) >= 11 is 0. The van der Waals surface area contributed by atoms with Gasteiger partial charge in [0.05, 0.1) is 5.56 Å². The molecule has 1 aliphatic rings. The van der Waals surface area contributed by atoms with Crippen LogP contribution in [0.5, 0.6) is 0 Å². The SMILES string of the molecule is CCC1CCC(c2ccc(C(=O)OCC(F)(F)C(F)(F)C(F)(F)C(F)(F)C(F)(F)C(F)(F)C(F)(F)C(F)(F)C(F)(F)C(F)F)cc2)CC1. The Morgan fingerprint density at radius 1 is 0.625 bits per heavy atom. The standard InChI is InChI=1S/C26H22F20O2/c1-2-12-3-5-13(6-4-12)14-7-9-15(10-8-14)16(47)48-11-18(29,30)20(33,34)22(37,38)24(41,42)26(45,46)25(43,44)23(39,40)21(35,36)19(31,32)17(27)28/h7-10,12-13,17H,2-6,11H2,1H3. The minimum Gasteiger partial charge on any atom is -0.455 e. The Bertz CT molecular complexity index is 1270. The van der Waals surface area contributed by atoms with Crippen molar-refractivity contribution in [2.75, 3.05) is 6.61 Å². The maximum atomic E-state index is 14.1. The molecule has 1 aliphatic carbocycles. The van der Waals surface area contributed by atoms with Gasteiger partial charge < -0.3 is 4.74 Å². The number of carbonyl (C=O) groups excluding carboxylic acids is 1. The molecule has 0 unspecified atom stereocenters. The number of ether oxygens (including phenoxy) is 1. The lowest BCUT2D eigenvalue weighted by molar-refractivity contribution is -0.465. The van der Waals surface area contributed by atoms with Crippen LogP contribution in [-0.4, -0.2) is 72.3 Å². The van der Waals surface area contributed by atoms with Crippen molar-refractivity contribution in [3.63, 3.8) is 0 Å². The van der Waals surface area contributed by atoms with E-state index in [1.807, 2.05) is 6.92 Å². The first-order chi connectivity index (χ1) is 21.3. The zero-order chi connectivity index (χ0) is 37.7.